The van der Waals surface area contributed by atoms with Gasteiger partial charge in [0.25, 0.3) is 5.91 Å². The second kappa shape index (κ2) is 8.40. The topological polar surface area (TPSA) is 56.4 Å². The molecule has 0 spiro atoms. The third kappa shape index (κ3) is 4.11. The molecule has 5 nitrogen and oxygen atoms in total. The van der Waals surface area contributed by atoms with Crippen LogP contribution in [0.3, 0.4) is 0 Å². The molecule has 4 aromatic rings. The first kappa shape index (κ1) is 19.6. The van der Waals surface area contributed by atoms with Crippen molar-refractivity contribution in [2.75, 3.05) is 13.2 Å². The number of carbonyl (C=O) groups excluding carboxylic acids is 1. The molecule has 1 N–H and O–H groups in total. The first-order valence-corrected chi connectivity index (χ1v) is 10.5. The van der Waals surface area contributed by atoms with Crippen LogP contribution in [0.15, 0.2) is 71.1 Å². The second-order valence-electron chi connectivity index (χ2n) is 7.81. The smallest absolute Gasteiger partial charge is 0.268 e. The maximum absolute atomic E-state index is 13.3. The third-order valence-corrected chi connectivity index (χ3v) is 5.65. The Balaban J connectivity index is 1.49. The van der Waals surface area contributed by atoms with Gasteiger partial charge in [0.15, 0.2) is 5.58 Å². The number of nitrogens with one attached hydrogen (secondary N) is 1. The predicted octanol–water partition coefficient (Wildman–Crippen LogP) is 5.00. The van der Waals surface area contributed by atoms with E-state index in [4.69, 9.17) is 9.15 Å². The van der Waals surface area contributed by atoms with Gasteiger partial charge < -0.3 is 19.0 Å². The SMILES string of the molecule is O=C(NC[C@@H]1CCCO1)c1cc2oc(-c3ccc(F)cc3)cc2n1Cc1ccccc1. The Labute approximate surface area is 179 Å². The Hall–Kier alpha value is -3.38. The molecule has 31 heavy (non-hydrogen) atoms. The molecule has 1 saturated heterocycles. The highest BCUT2D eigenvalue weighted by atomic mass is 19.1. The number of nitrogens with zero attached hydrogens (tertiary/aromatic N) is 1. The minimum absolute atomic E-state index is 0.0783. The van der Waals surface area contributed by atoms with Crippen LogP contribution >= 0.6 is 0 Å². The molecule has 1 amide bonds. The highest BCUT2D eigenvalue weighted by Crippen LogP contribution is 2.31. The van der Waals surface area contributed by atoms with Gasteiger partial charge in [-0.25, -0.2) is 4.39 Å². The van der Waals surface area contributed by atoms with Crippen molar-refractivity contribution < 1.29 is 18.3 Å². The van der Waals surface area contributed by atoms with Crippen molar-refractivity contribution in [3.63, 3.8) is 0 Å². The monoisotopic (exact) mass is 418 g/mol. The van der Waals surface area contributed by atoms with Gasteiger partial charge in [-0.1, -0.05) is 30.3 Å². The summed E-state index contributed by atoms with van der Waals surface area (Å²) in [5, 5.41) is 3.00. The molecular weight excluding hydrogens is 395 g/mol. The van der Waals surface area contributed by atoms with E-state index in [-0.39, 0.29) is 17.8 Å². The van der Waals surface area contributed by atoms with E-state index in [1.807, 2.05) is 41.0 Å². The van der Waals surface area contributed by atoms with Crippen LogP contribution in [-0.2, 0) is 11.3 Å². The molecule has 0 saturated carbocycles. The molecule has 0 unspecified atom stereocenters. The summed E-state index contributed by atoms with van der Waals surface area (Å²) in [6, 6.07) is 19.8. The van der Waals surface area contributed by atoms with Crippen molar-refractivity contribution >= 4 is 17.0 Å². The van der Waals surface area contributed by atoms with E-state index >= 15 is 0 Å². The molecule has 3 heterocycles. The molecule has 158 valence electrons. The van der Waals surface area contributed by atoms with Gasteiger partial charge in [0.05, 0.1) is 11.6 Å². The van der Waals surface area contributed by atoms with E-state index in [1.165, 1.54) is 12.1 Å². The Kier molecular flexibility index (Phi) is 5.30. The molecule has 2 aromatic heterocycles. The largest absolute Gasteiger partial charge is 0.454 e. The molecule has 0 aliphatic carbocycles. The minimum Gasteiger partial charge on any atom is -0.454 e. The van der Waals surface area contributed by atoms with Crippen LogP contribution in [-0.4, -0.2) is 29.7 Å². The van der Waals surface area contributed by atoms with E-state index < -0.39 is 0 Å². The van der Waals surface area contributed by atoms with Crippen LogP contribution in [0.5, 0.6) is 0 Å². The van der Waals surface area contributed by atoms with E-state index in [1.54, 1.807) is 18.2 Å². The normalized spacial score (nSPS) is 16.1. The van der Waals surface area contributed by atoms with Crippen molar-refractivity contribution in [1.82, 2.24) is 9.88 Å². The highest BCUT2D eigenvalue weighted by molar-refractivity contribution is 5.98. The molecule has 1 fully saturated rings. The number of furan rings is 1. The predicted molar refractivity (Wildman–Crippen MR) is 116 cm³/mol. The Morgan fingerprint density at radius 2 is 1.90 bits per heavy atom. The van der Waals surface area contributed by atoms with Gasteiger partial charge in [0, 0.05) is 37.4 Å². The summed E-state index contributed by atoms with van der Waals surface area (Å²) in [6.45, 7) is 1.79. The molecular formula is C25H23FN2O3. The first-order chi connectivity index (χ1) is 15.2. The van der Waals surface area contributed by atoms with E-state index in [2.05, 4.69) is 5.32 Å². The number of ether oxygens (including phenoxy) is 1. The lowest BCUT2D eigenvalue weighted by atomic mass is 10.2. The van der Waals surface area contributed by atoms with Crippen LogP contribution in [0.25, 0.3) is 22.4 Å². The van der Waals surface area contributed by atoms with Crippen molar-refractivity contribution in [2.45, 2.75) is 25.5 Å². The van der Waals surface area contributed by atoms with Crippen molar-refractivity contribution in [1.29, 1.82) is 0 Å². The van der Waals surface area contributed by atoms with Gasteiger partial charge in [-0.3, -0.25) is 4.79 Å². The zero-order valence-corrected chi connectivity index (χ0v) is 17.0. The van der Waals surface area contributed by atoms with Crippen LogP contribution < -0.4 is 5.32 Å². The number of carbonyl (C=O) groups is 1. The van der Waals surface area contributed by atoms with Crippen LogP contribution in [0.2, 0.25) is 0 Å². The molecule has 0 bridgehead atoms. The maximum Gasteiger partial charge on any atom is 0.268 e. The highest BCUT2D eigenvalue weighted by Gasteiger charge is 2.22. The number of hydrogen-bond acceptors (Lipinski definition) is 3. The van der Waals surface area contributed by atoms with Gasteiger partial charge in [-0.2, -0.15) is 0 Å². The van der Waals surface area contributed by atoms with E-state index in [0.717, 1.165) is 36.1 Å². The lowest BCUT2D eigenvalue weighted by Crippen LogP contribution is -2.33. The lowest BCUT2D eigenvalue weighted by Gasteiger charge is -2.13. The van der Waals surface area contributed by atoms with Crippen LogP contribution in [0.1, 0.15) is 28.9 Å². The molecule has 1 atom stereocenters. The molecule has 5 rings (SSSR count). The fraction of sp³-hybridized carbons (Fsp3) is 0.240. The van der Waals surface area contributed by atoms with Gasteiger partial charge in [-0.05, 0) is 42.7 Å². The summed E-state index contributed by atoms with van der Waals surface area (Å²) in [6.07, 6.45) is 2.08. The zero-order chi connectivity index (χ0) is 21.2. The Morgan fingerprint density at radius 3 is 2.65 bits per heavy atom. The minimum atomic E-state index is -0.293. The molecule has 0 radical (unpaired) electrons. The van der Waals surface area contributed by atoms with Gasteiger partial charge in [0.2, 0.25) is 0 Å². The molecule has 2 aromatic carbocycles. The summed E-state index contributed by atoms with van der Waals surface area (Å²) >= 11 is 0. The number of amides is 1. The summed E-state index contributed by atoms with van der Waals surface area (Å²) in [5.74, 6) is 0.193. The fourth-order valence-corrected chi connectivity index (χ4v) is 4.03. The average Bonchev–Trinajstić information content (AvgIpc) is 3.51. The van der Waals surface area contributed by atoms with Crippen LogP contribution in [0.4, 0.5) is 4.39 Å². The summed E-state index contributed by atoms with van der Waals surface area (Å²) in [4.78, 5) is 13.0. The van der Waals surface area contributed by atoms with Gasteiger partial charge >= 0.3 is 0 Å². The quantitative estimate of drug-likeness (QED) is 0.480. The fourth-order valence-electron chi connectivity index (χ4n) is 4.03. The standard InChI is InChI=1S/C25H23FN2O3/c26-19-10-8-18(9-11-19)23-13-21-24(31-23)14-22(25(29)27-15-20-7-4-12-30-20)28(21)16-17-5-2-1-3-6-17/h1-3,5-6,8-11,13-14,20H,4,7,12,15-16H2,(H,27,29)/t20-/m0/s1. The average molecular weight is 418 g/mol. The maximum atomic E-state index is 13.3. The van der Waals surface area contributed by atoms with Crippen molar-refractivity contribution in [3.8, 4) is 11.3 Å². The lowest BCUT2D eigenvalue weighted by molar-refractivity contribution is 0.0851. The first-order valence-electron chi connectivity index (χ1n) is 10.5. The second-order valence-corrected chi connectivity index (χ2v) is 7.81. The van der Waals surface area contributed by atoms with Crippen molar-refractivity contribution in [2.24, 2.45) is 0 Å². The number of hydrogen-bond donors (Lipinski definition) is 1. The molecule has 1 aliphatic heterocycles. The number of fused-ring (bicyclic) bond motifs is 1. The third-order valence-electron chi connectivity index (χ3n) is 5.65. The number of benzene rings is 2. The number of aromatic nitrogens is 1. The summed E-state index contributed by atoms with van der Waals surface area (Å²) in [7, 11) is 0. The summed E-state index contributed by atoms with van der Waals surface area (Å²) < 4.78 is 26.9. The van der Waals surface area contributed by atoms with Gasteiger partial charge in [0.1, 0.15) is 17.3 Å². The summed E-state index contributed by atoms with van der Waals surface area (Å²) in [5.41, 5.74) is 3.86. The Morgan fingerprint density at radius 1 is 1.10 bits per heavy atom. The van der Waals surface area contributed by atoms with Crippen molar-refractivity contribution in [3.05, 3.63) is 83.8 Å². The molecule has 1 aliphatic rings. The van der Waals surface area contributed by atoms with Crippen LogP contribution in [0, 0.1) is 5.82 Å². The number of halogens is 1. The Bertz CT molecular complexity index is 1190. The molecule has 6 heteroatoms. The number of rotatable bonds is 6. The van der Waals surface area contributed by atoms with E-state index in [9.17, 15) is 9.18 Å². The zero-order valence-electron chi connectivity index (χ0n) is 17.0. The van der Waals surface area contributed by atoms with E-state index in [0.29, 0.717) is 30.1 Å². The van der Waals surface area contributed by atoms with Gasteiger partial charge in [-0.15, -0.1) is 0 Å².